The molecule has 0 saturated carbocycles. The molecular formula is C17H24N6O4. The van der Waals surface area contributed by atoms with Gasteiger partial charge in [-0.2, -0.15) is 10.1 Å². The number of carbonyl (C=O) groups is 1. The Kier molecular flexibility index (Phi) is 4.90. The molecule has 0 N–H and O–H groups in total. The van der Waals surface area contributed by atoms with Crippen molar-refractivity contribution >= 4 is 28.8 Å². The Labute approximate surface area is 155 Å². The fraction of sp³-hybridized carbons (Fsp3) is 0.588. The normalized spacial score (nSPS) is 16.4. The van der Waals surface area contributed by atoms with Gasteiger partial charge in [0.2, 0.25) is 5.95 Å². The minimum absolute atomic E-state index is 0.137. The van der Waals surface area contributed by atoms with Crippen LogP contribution in [-0.2, 0) is 23.1 Å². The second kappa shape index (κ2) is 7.01. The van der Waals surface area contributed by atoms with Crippen LogP contribution >= 0.6 is 0 Å². The number of methoxy groups -OCH3 is 1. The molecule has 2 aromatic rings. The fourth-order valence-electron chi connectivity index (χ4n) is 3.19. The van der Waals surface area contributed by atoms with E-state index in [1.807, 2.05) is 20.8 Å². The number of carbonyl (C=O) groups excluding carboxylic acids is 1. The number of imidazole rings is 1. The van der Waals surface area contributed by atoms with Crippen LogP contribution in [-0.4, -0.2) is 44.0 Å². The van der Waals surface area contributed by atoms with Crippen LogP contribution in [0, 0.1) is 0 Å². The summed E-state index contributed by atoms with van der Waals surface area (Å²) >= 11 is 0. The average molecular weight is 376 g/mol. The molecule has 27 heavy (non-hydrogen) atoms. The van der Waals surface area contributed by atoms with Gasteiger partial charge >= 0.3 is 11.7 Å². The molecule has 0 saturated heterocycles. The van der Waals surface area contributed by atoms with Crippen LogP contribution in [0.4, 0.5) is 5.95 Å². The summed E-state index contributed by atoms with van der Waals surface area (Å²) in [4.78, 5) is 42.0. The number of esters is 1. The lowest BCUT2D eigenvalue weighted by Gasteiger charge is -2.28. The van der Waals surface area contributed by atoms with Gasteiger partial charge in [-0.15, -0.1) is 0 Å². The van der Waals surface area contributed by atoms with E-state index in [0.29, 0.717) is 18.0 Å². The van der Waals surface area contributed by atoms with Gasteiger partial charge in [-0.05, 0) is 20.3 Å². The summed E-state index contributed by atoms with van der Waals surface area (Å²) in [5.41, 5.74) is 0.555. The summed E-state index contributed by atoms with van der Waals surface area (Å²) in [6.45, 7) is 5.94. The highest BCUT2D eigenvalue weighted by molar-refractivity contribution is 5.92. The number of aromatic nitrogens is 4. The molecule has 0 aromatic carbocycles. The first-order chi connectivity index (χ1) is 12.8. The predicted molar refractivity (Wildman–Crippen MR) is 101 cm³/mol. The second-order valence-electron chi connectivity index (χ2n) is 6.66. The second-order valence-corrected chi connectivity index (χ2v) is 6.66. The maximum atomic E-state index is 13.1. The van der Waals surface area contributed by atoms with E-state index in [1.54, 1.807) is 11.6 Å². The molecule has 0 fully saturated rings. The molecule has 10 nitrogen and oxygen atoms in total. The quantitative estimate of drug-likeness (QED) is 0.709. The van der Waals surface area contributed by atoms with E-state index >= 15 is 0 Å². The van der Waals surface area contributed by atoms with Crippen molar-refractivity contribution in [2.75, 3.05) is 18.7 Å². The summed E-state index contributed by atoms with van der Waals surface area (Å²) in [5, 5.41) is 5.82. The number of hydrogen-bond acceptors (Lipinski definition) is 7. The van der Waals surface area contributed by atoms with Gasteiger partial charge in [-0.3, -0.25) is 23.3 Å². The van der Waals surface area contributed by atoms with E-state index in [4.69, 9.17) is 4.74 Å². The molecule has 0 radical (unpaired) electrons. The number of fused-ring (bicyclic) bond motifs is 3. The highest BCUT2D eigenvalue weighted by Crippen LogP contribution is 2.29. The maximum Gasteiger partial charge on any atom is 0.332 e. The van der Waals surface area contributed by atoms with E-state index in [0.717, 1.165) is 18.6 Å². The molecule has 0 bridgehead atoms. The van der Waals surface area contributed by atoms with Gasteiger partial charge in [0, 0.05) is 13.6 Å². The molecule has 1 atom stereocenters. The molecule has 146 valence electrons. The van der Waals surface area contributed by atoms with Crippen molar-refractivity contribution in [3.8, 4) is 0 Å². The Hall–Kier alpha value is -2.91. The highest BCUT2D eigenvalue weighted by Gasteiger charge is 2.31. The van der Waals surface area contributed by atoms with Gasteiger partial charge in [-0.25, -0.2) is 9.80 Å². The largest absolute Gasteiger partial charge is 0.468 e. The number of aryl methyl sites for hydroxylation is 1. The van der Waals surface area contributed by atoms with Crippen molar-refractivity contribution in [2.45, 2.75) is 46.2 Å². The number of hydrazone groups is 1. The van der Waals surface area contributed by atoms with E-state index in [-0.39, 0.29) is 23.8 Å². The molecule has 0 amide bonds. The molecule has 1 aliphatic rings. The van der Waals surface area contributed by atoms with Crippen molar-refractivity contribution < 1.29 is 9.53 Å². The summed E-state index contributed by atoms with van der Waals surface area (Å²) < 4.78 is 9.09. The third-order valence-electron chi connectivity index (χ3n) is 4.90. The van der Waals surface area contributed by atoms with Crippen LogP contribution in [0.1, 0.15) is 39.7 Å². The molecule has 2 aromatic heterocycles. The first-order valence-electron chi connectivity index (χ1n) is 8.93. The average Bonchev–Trinajstić information content (AvgIpc) is 3.05. The van der Waals surface area contributed by atoms with Gasteiger partial charge in [0.25, 0.3) is 5.56 Å². The lowest BCUT2D eigenvalue weighted by Crippen LogP contribution is -2.40. The Morgan fingerprint density at radius 1 is 1.30 bits per heavy atom. The van der Waals surface area contributed by atoms with Gasteiger partial charge in [0.05, 0.1) is 18.9 Å². The van der Waals surface area contributed by atoms with Crippen LogP contribution in [0.3, 0.4) is 0 Å². The number of ether oxygens (including phenoxy) is 1. The summed E-state index contributed by atoms with van der Waals surface area (Å²) in [6.07, 6.45) is 1.60. The van der Waals surface area contributed by atoms with Crippen LogP contribution in [0.5, 0.6) is 0 Å². The Bertz CT molecular complexity index is 1040. The SMILES string of the molecule is CCCCn1c(=O)c2c(nc3n2[C@H](C)C(C)=NN3CC(=O)OC)n(C)c1=O. The van der Waals surface area contributed by atoms with Gasteiger partial charge < -0.3 is 4.74 Å². The Morgan fingerprint density at radius 2 is 2.00 bits per heavy atom. The van der Waals surface area contributed by atoms with E-state index in [2.05, 4.69) is 10.1 Å². The lowest BCUT2D eigenvalue weighted by molar-refractivity contribution is -0.139. The molecule has 0 unspecified atom stereocenters. The molecular weight excluding hydrogens is 352 g/mol. The highest BCUT2D eigenvalue weighted by atomic mass is 16.5. The number of hydrogen-bond donors (Lipinski definition) is 0. The van der Waals surface area contributed by atoms with E-state index in [1.165, 1.54) is 21.3 Å². The molecule has 3 heterocycles. The standard InChI is InChI=1S/C17H24N6O4/c1-6-7-8-21-15(25)13-14(20(4)17(21)26)18-16-22(9-12(24)27-5)19-10(2)11(3)23(13)16/h11H,6-9H2,1-5H3/t11-/m1/s1. The number of rotatable bonds is 5. The van der Waals surface area contributed by atoms with Gasteiger partial charge in [0.1, 0.15) is 6.54 Å². The minimum Gasteiger partial charge on any atom is -0.468 e. The summed E-state index contributed by atoms with van der Waals surface area (Å²) in [6, 6.07) is -0.233. The maximum absolute atomic E-state index is 13.1. The van der Waals surface area contributed by atoms with E-state index < -0.39 is 11.7 Å². The summed E-state index contributed by atoms with van der Waals surface area (Å²) in [5.74, 6) is -0.136. The van der Waals surface area contributed by atoms with Gasteiger partial charge in [0.15, 0.2) is 11.2 Å². The molecule has 10 heteroatoms. The third kappa shape index (κ3) is 2.94. The molecule has 3 rings (SSSR count). The monoisotopic (exact) mass is 376 g/mol. The number of nitrogens with zero attached hydrogens (tertiary/aromatic N) is 6. The predicted octanol–water partition coefficient (Wildman–Crippen LogP) is 0.627. The summed E-state index contributed by atoms with van der Waals surface area (Å²) in [7, 11) is 2.89. The molecule has 0 spiro atoms. The van der Waals surface area contributed by atoms with Crippen molar-refractivity contribution in [3.05, 3.63) is 20.8 Å². The minimum atomic E-state index is -0.478. The first kappa shape index (κ1) is 18.9. The fourth-order valence-corrected chi connectivity index (χ4v) is 3.19. The van der Waals surface area contributed by atoms with Crippen molar-refractivity contribution in [2.24, 2.45) is 12.1 Å². The van der Waals surface area contributed by atoms with E-state index in [9.17, 15) is 14.4 Å². The Balaban J connectivity index is 2.30. The topological polar surface area (TPSA) is 104 Å². The molecule has 1 aliphatic heterocycles. The lowest BCUT2D eigenvalue weighted by atomic mass is 10.2. The van der Waals surface area contributed by atoms with Gasteiger partial charge in [-0.1, -0.05) is 13.3 Å². The smallest absolute Gasteiger partial charge is 0.332 e. The number of anilines is 1. The third-order valence-corrected chi connectivity index (χ3v) is 4.90. The zero-order valence-corrected chi connectivity index (χ0v) is 16.2. The van der Waals surface area contributed by atoms with Crippen molar-refractivity contribution in [1.29, 1.82) is 0 Å². The van der Waals surface area contributed by atoms with Crippen molar-refractivity contribution in [1.82, 2.24) is 18.7 Å². The first-order valence-corrected chi connectivity index (χ1v) is 8.93. The van der Waals surface area contributed by atoms with Crippen LogP contribution < -0.4 is 16.3 Å². The zero-order chi connectivity index (χ0) is 19.9. The Morgan fingerprint density at radius 3 is 2.63 bits per heavy atom. The molecule has 0 aliphatic carbocycles. The van der Waals surface area contributed by atoms with Crippen molar-refractivity contribution in [3.63, 3.8) is 0 Å². The number of unbranched alkanes of at least 4 members (excludes halogenated alkanes) is 1. The van der Waals surface area contributed by atoms with Crippen LogP contribution in [0.15, 0.2) is 14.7 Å². The zero-order valence-electron chi connectivity index (χ0n) is 16.2. The van der Waals surface area contributed by atoms with Crippen LogP contribution in [0.2, 0.25) is 0 Å². The van der Waals surface area contributed by atoms with Crippen LogP contribution in [0.25, 0.3) is 11.2 Å².